The summed E-state index contributed by atoms with van der Waals surface area (Å²) < 4.78 is 7.32. The van der Waals surface area contributed by atoms with Gasteiger partial charge in [0.05, 0.1) is 11.0 Å². The summed E-state index contributed by atoms with van der Waals surface area (Å²) in [6, 6.07) is 65.0. The Labute approximate surface area is 335 Å². The lowest BCUT2D eigenvalue weighted by atomic mass is 10.0. The van der Waals surface area contributed by atoms with E-state index in [-0.39, 0.29) is 0 Å². The molecule has 12 aromatic rings. The summed E-state index contributed by atoms with van der Waals surface area (Å²) in [6.45, 7) is 0. The van der Waals surface area contributed by atoms with Crippen molar-refractivity contribution in [1.29, 1.82) is 0 Å². The number of hydrogen-bond donors (Lipinski definition) is 0. The summed E-state index contributed by atoms with van der Waals surface area (Å²) in [7, 11) is 0. The van der Waals surface area contributed by atoms with Crippen LogP contribution in [0.1, 0.15) is 0 Å². The van der Waals surface area contributed by atoms with Crippen molar-refractivity contribution in [2.45, 2.75) is 0 Å². The van der Waals surface area contributed by atoms with Crippen LogP contribution in [-0.2, 0) is 0 Å². The first kappa shape index (κ1) is 32.3. The second kappa shape index (κ2) is 12.8. The molecule has 0 saturated carbocycles. The lowest BCUT2D eigenvalue weighted by Crippen LogP contribution is -2.01. The first-order valence-corrected chi connectivity index (χ1v) is 20.6. The van der Waals surface area contributed by atoms with Crippen molar-refractivity contribution in [3.8, 4) is 51.0 Å². The van der Waals surface area contributed by atoms with Gasteiger partial charge in [-0.1, -0.05) is 109 Å². The van der Waals surface area contributed by atoms with E-state index in [1.807, 2.05) is 11.3 Å². The quantitative estimate of drug-likeness (QED) is 0.175. The Morgan fingerprint density at radius 3 is 1.75 bits per heavy atom. The third-order valence-corrected chi connectivity index (χ3v) is 13.5. The van der Waals surface area contributed by atoms with Crippen LogP contribution in [0.4, 0.5) is 0 Å². The Morgan fingerprint density at radius 1 is 0.333 bits per heavy atom. The first-order valence-electron chi connectivity index (χ1n) is 19.0. The smallest absolute Gasteiger partial charge is 0.165 e. The van der Waals surface area contributed by atoms with Crippen molar-refractivity contribution < 1.29 is 0 Å². The van der Waals surface area contributed by atoms with Crippen LogP contribution in [0.3, 0.4) is 0 Å². The lowest BCUT2D eigenvalue weighted by molar-refractivity contribution is 1.08. The number of nitrogens with zero attached hydrogens (tertiary/aromatic N) is 4. The molecule has 6 heteroatoms. The highest BCUT2D eigenvalue weighted by Gasteiger charge is 2.19. The van der Waals surface area contributed by atoms with E-state index in [4.69, 9.17) is 15.0 Å². The minimum absolute atomic E-state index is 0.642. The first-order chi connectivity index (χ1) is 28.2. The van der Waals surface area contributed by atoms with Gasteiger partial charge in [0, 0.05) is 73.5 Å². The van der Waals surface area contributed by atoms with Crippen LogP contribution >= 0.6 is 22.7 Å². The molecule has 0 unspecified atom stereocenters. The summed E-state index contributed by atoms with van der Waals surface area (Å²) in [4.78, 5) is 15.7. The van der Waals surface area contributed by atoms with Crippen LogP contribution in [0.25, 0.3) is 113 Å². The molecule has 8 aromatic carbocycles. The molecule has 57 heavy (non-hydrogen) atoms. The van der Waals surface area contributed by atoms with Gasteiger partial charge in [0.2, 0.25) is 0 Å². The molecule has 0 bridgehead atoms. The molecule has 0 radical (unpaired) electrons. The molecule has 12 rings (SSSR count). The molecule has 0 saturated heterocycles. The van der Waals surface area contributed by atoms with Crippen molar-refractivity contribution in [2.75, 3.05) is 0 Å². The summed E-state index contributed by atoms with van der Waals surface area (Å²) in [5.41, 5.74) is 8.72. The van der Waals surface area contributed by atoms with Gasteiger partial charge in [-0.25, -0.2) is 15.0 Å². The van der Waals surface area contributed by atoms with Gasteiger partial charge in [-0.3, -0.25) is 0 Å². The second-order valence-electron chi connectivity index (χ2n) is 14.4. The molecule has 0 aliphatic rings. The van der Waals surface area contributed by atoms with E-state index < -0.39 is 0 Å². The Hall–Kier alpha value is -6.99. The maximum Gasteiger partial charge on any atom is 0.165 e. The van der Waals surface area contributed by atoms with Crippen LogP contribution in [0, 0.1) is 0 Å². The second-order valence-corrected chi connectivity index (χ2v) is 16.5. The number of para-hydroxylation sites is 1. The molecular formula is C51H30N4S2. The average Bonchev–Trinajstić information content (AvgIpc) is 3.96. The van der Waals surface area contributed by atoms with Crippen molar-refractivity contribution in [2.24, 2.45) is 0 Å². The minimum Gasteiger partial charge on any atom is -0.309 e. The fourth-order valence-corrected chi connectivity index (χ4v) is 10.7. The van der Waals surface area contributed by atoms with Crippen LogP contribution in [0.2, 0.25) is 0 Å². The largest absolute Gasteiger partial charge is 0.309 e. The maximum atomic E-state index is 5.24. The number of aromatic nitrogens is 4. The average molecular weight is 763 g/mol. The number of rotatable bonds is 5. The number of fused-ring (bicyclic) bond motifs is 9. The van der Waals surface area contributed by atoms with Crippen LogP contribution < -0.4 is 0 Å². The fraction of sp³-hybridized carbons (Fsp3) is 0. The highest BCUT2D eigenvalue weighted by molar-refractivity contribution is 7.26. The summed E-state index contributed by atoms with van der Waals surface area (Å²) >= 11 is 3.61. The molecule has 0 aliphatic heterocycles. The van der Waals surface area contributed by atoms with E-state index in [0.717, 1.165) is 22.4 Å². The van der Waals surface area contributed by atoms with E-state index in [1.165, 1.54) is 73.3 Å². The predicted octanol–water partition coefficient (Wildman–Crippen LogP) is 14.4. The monoisotopic (exact) mass is 762 g/mol. The highest BCUT2D eigenvalue weighted by atomic mass is 32.1. The van der Waals surface area contributed by atoms with E-state index in [0.29, 0.717) is 17.5 Å². The molecule has 0 amide bonds. The van der Waals surface area contributed by atoms with Gasteiger partial charge >= 0.3 is 0 Å². The van der Waals surface area contributed by atoms with Gasteiger partial charge in [-0.2, -0.15) is 0 Å². The lowest BCUT2D eigenvalue weighted by Gasteiger charge is -2.12. The van der Waals surface area contributed by atoms with Gasteiger partial charge in [0.15, 0.2) is 17.5 Å². The zero-order valence-electron chi connectivity index (χ0n) is 30.4. The van der Waals surface area contributed by atoms with Crippen molar-refractivity contribution in [3.63, 3.8) is 0 Å². The number of benzene rings is 8. The Kier molecular flexibility index (Phi) is 7.24. The number of thiophene rings is 2. The van der Waals surface area contributed by atoms with Crippen LogP contribution in [0.15, 0.2) is 182 Å². The van der Waals surface area contributed by atoms with E-state index in [2.05, 4.69) is 187 Å². The van der Waals surface area contributed by atoms with Crippen molar-refractivity contribution >= 4 is 84.8 Å². The molecule has 0 N–H and O–H groups in total. The third-order valence-electron chi connectivity index (χ3n) is 11.1. The SMILES string of the molecule is c1ccc(-c2ccc3c4ccccc4n(-c4ccc(-c5nc(-c6ccc7sc8ccccc8c7c6)nc(-c6cccc7c6sc6ccccc67)n5)cc4)c3c2)cc1. The number of hydrogen-bond acceptors (Lipinski definition) is 5. The van der Waals surface area contributed by atoms with Gasteiger partial charge in [0.1, 0.15) is 0 Å². The fourth-order valence-electron chi connectivity index (χ4n) is 8.36. The topological polar surface area (TPSA) is 43.6 Å². The summed E-state index contributed by atoms with van der Waals surface area (Å²) in [6.07, 6.45) is 0. The van der Waals surface area contributed by atoms with Crippen molar-refractivity contribution in [3.05, 3.63) is 182 Å². The highest BCUT2D eigenvalue weighted by Crippen LogP contribution is 2.41. The predicted molar refractivity (Wildman–Crippen MR) is 242 cm³/mol. The Balaban J connectivity index is 1.04. The van der Waals surface area contributed by atoms with Gasteiger partial charge in [0.25, 0.3) is 0 Å². The molecular weight excluding hydrogens is 733 g/mol. The molecule has 4 nitrogen and oxygen atoms in total. The standard InChI is InChI=1S/C51H30N4S2/c1-2-11-31(12-3-1)33-23-27-37-36-13-4-7-18-43(36)55(44(37)30-33)35-25-21-32(22-26-35)49-52-50(34-24-28-47-42(29-34)39-15-6-8-19-45(39)56-47)54-51(53-49)41-17-10-16-40-38-14-5-9-20-46(38)57-48(40)41/h1-30H. The van der Waals surface area contributed by atoms with Crippen LogP contribution in [0.5, 0.6) is 0 Å². The van der Waals surface area contributed by atoms with E-state index in [9.17, 15) is 0 Å². The zero-order valence-corrected chi connectivity index (χ0v) is 32.1. The molecule has 266 valence electrons. The summed E-state index contributed by atoms with van der Waals surface area (Å²) in [5, 5.41) is 7.39. The Morgan fingerprint density at radius 2 is 0.930 bits per heavy atom. The maximum absolute atomic E-state index is 5.24. The third kappa shape index (κ3) is 5.22. The molecule has 4 aromatic heterocycles. The summed E-state index contributed by atoms with van der Waals surface area (Å²) in [5.74, 6) is 1.97. The van der Waals surface area contributed by atoms with Gasteiger partial charge in [-0.15, -0.1) is 22.7 Å². The zero-order chi connectivity index (χ0) is 37.5. The van der Waals surface area contributed by atoms with Crippen LogP contribution in [-0.4, -0.2) is 19.5 Å². The normalized spacial score (nSPS) is 11.9. The Bertz CT molecular complexity index is 3520. The van der Waals surface area contributed by atoms with Crippen molar-refractivity contribution in [1.82, 2.24) is 19.5 Å². The molecule has 4 heterocycles. The molecule has 0 atom stereocenters. The molecule has 0 fully saturated rings. The van der Waals surface area contributed by atoms with E-state index >= 15 is 0 Å². The minimum atomic E-state index is 0.642. The van der Waals surface area contributed by atoms with E-state index in [1.54, 1.807) is 11.3 Å². The van der Waals surface area contributed by atoms with Gasteiger partial charge < -0.3 is 4.57 Å². The molecule has 0 aliphatic carbocycles. The van der Waals surface area contributed by atoms with Gasteiger partial charge in [-0.05, 0) is 83.9 Å². The molecule has 0 spiro atoms.